The molecule has 4 nitrogen and oxygen atoms in total. The quantitative estimate of drug-likeness (QED) is 0.728. The Morgan fingerprint density at radius 2 is 1.67 bits per heavy atom. The van der Waals surface area contributed by atoms with Gasteiger partial charge in [0, 0.05) is 17.0 Å². The first-order valence-electron chi connectivity index (χ1n) is 7.74. The number of carbonyl (C=O) groups is 1. The van der Waals surface area contributed by atoms with Crippen LogP contribution in [0.4, 0.5) is 0 Å². The molecule has 0 saturated heterocycles. The summed E-state index contributed by atoms with van der Waals surface area (Å²) in [7, 11) is 0. The van der Waals surface area contributed by atoms with Crippen LogP contribution in [0.5, 0.6) is 0 Å². The molecule has 0 fully saturated rings. The maximum absolute atomic E-state index is 11.9. The van der Waals surface area contributed by atoms with Crippen molar-refractivity contribution in [3.05, 3.63) is 70.1 Å². The van der Waals surface area contributed by atoms with Gasteiger partial charge in [0.25, 0.3) is 0 Å². The normalized spacial score (nSPS) is 11.6. The average molecular weight is 321 g/mol. The van der Waals surface area contributed by atoms with Crippen molar-refractivity contribution < 1.29 is 9.21 Å². The summed E-state index contributed by atoms with van der Waals surface area (Å²) in [5.74, 6) is -0.517. The third kappa shape index (κ3) is 2.95. The summed E-state index contributed by atoms with van der Waals surface area (Å²) in [5, 5.41) is 0.689. The minimum atomic E-state index is -0.517. The zero-order valence-corrected chi connectivity index (χ0v) is 13.9. The molecule has 0 atom stereocenters. The highest BCUT2D eigenvalue weighted by Gasteiger charge is 2.15. The van der Waals surface area contributed by atoms with Gasteiger partial charge in [-0.25, -0.2) is 4.79 Å². The van der Waals surface area contributed by atoms with E-state index in [1.165, 1.54) is 11.6 Å². The molecule has 0 aliphatic heterocycles. The molecule has 0 saturated carbocycles. The van der Waals surface area contributed by atoms with Crippen molar-refractivity contribution in [2.24, 2.45) is 5.73 Å². The van der Waals surface area contributed by atoms with E-state index >= 15 is 0 Å². The molecular formula is C20H19NO3. The molecular weight excluding hydrogens is 302 g/mol. The Hall–Kier alpha value is -2.88. The Bertz CT molecular complexity index is 976. The van der Waals surface area contributed by atoms with E-state index in [2.05, 4.69) is 20.8 Å². The summed E-state index contributed by atoms with van der Waals surface area (Å²) in [6, 6.07) is 14.3. The second kappa shape index (κ2) is 5.64. The number of hydrogen-bond donors (Lipinski definition) is 1. The summed E-state index contributed by atoms with van der Waals surface area (Å²) < 4.78 is 5.23. The summed E-state index contributed by atoms with van der Waals surface area (Å²) >= 11 is 0. The molecule has 0 bridgehead atoms. The van der Waals surface area contributed by atoms with Crippen LogP contribution in [0.3, 0.4) is 0 Å². The fourth-order valence-electron chi connectivity index (χ4n) is 2.70. The Morgan fingerprint density at radius 1 is 1.00 bits per heavy atom. The molecule has 3 aromatic rings. The van der Waals surface area contributed by atoms with E-state index in [9.17, 15) is 9.59 Å². The molecule has 3 rings (SSSR count). The molecule has 24 heavy (non-hydrogen) atoms. The van der Waals surface area contributed by atoms with Crippen LogP contribution in [0.15, 0.2) is 57.7 Å². The molecule has 4 heteroatoms. The fourth-order valence-corrected chi connectivity index (χ4v) is 2.70. The van der Waals surface area contributed by atoms with E-state index in [4.69, 9.17) is 10.2 Å². The third-order valence-electron chi connectivity index (χ3n) is 4.09. The minimum absolute atomic E-state index is 0.0510. The van der Waals surface area contributed by atoms with Crippen LogP contribution in [-0.4, -0.2) is 5.91 Å². The molecule has 0 aliphatic rings. The number of carbonyl (C=O) groups excluding carboxylic acids is 1. The van der Waals surface area contributed by atoms with E-state index in [0.717, 1.165) is 11.1 Å². The number of benzene rings is 2. The maximum Gasteiger partial charge on any atom is 0.336 e. The van der Waals surface area contributed by atoms with Gasteiger partial charge in [-0.2, -0.15) is 0 Å². The maximum atomic E-state index is 11.9. The number of amides is 1. The third-order valence-corrected chi connectivity index (χ3v) is 4.09. The first-order chi connectivity index (χ1) is 11.3. The van der Waals surface area contributed by atoms with Gasteiger partial charge >= 0.3 is 5.63 Å². The Kier molecular flexibility index (Phi) is 3.76. The number of fused-ring (bicyclic) bond motifs is 1. The van der Waals surface area contributed by atoms with Gasteiger partial charge in [0.1, 0.15) is 5.58 Å². The highest BCUT2D eigenvalue weighted by Crippen LogP contribution is 2.30. The van der Waals surface area contributed by atoms with E-state index < -0.39 is 11.5 Å². The van der Waals surface area contributed by atoms with Crippen LogP contribution >= 0.6 is 0 Å². The van der Waals surface area contributed by atoms with Gasteiger partial charge in [0.15, 0.2) is 0 Å². The lowest BCUT2D eigenvalue weighted by atomic mass is 9.86. The Labute approximate surface area is 139 Å². The van der Waals surface area contributed by atoms with Crippen LogP contribution in [0, 0.1) is 0 Å². The van der Waals surface area contributed by atoms with E-state index in [-0.39, 0.29) is 5.41 Å². The summed E-state index contributed by atoms with van der Waals surface area (Å²) in [5.41, 5.74) is 8.62. The fraction of sp³-hybridized carbons (Fsp3) is 0.200. The highest BCUT2D eigenvalue weighted by molar-refractivity contribution is 6.00. The molecule has 0 radical (unpaired) electrons. The van der Waals surface area contributed by atoms with Gasteiger partial charge < -0.3 is 10.2 Å². The van der Waals surface area contributed by atoms with Crippen molar-refractivity contribution in [2.45, 2.75) is 26.2 Å². The van der Waals surface area contributed by atoms with E-state index in [1.54, 1.807) is 18.2 Å². The lowest BCUT2D eigenvalue weighted by Crippen LogP contribution is -2.11. The van der Waals surface area contributed by atoms with Crippen LogP contribution in [0.2, 0.25) is 0 Å². The zero-order chi connectivity index (χ0) is 17.5. The Morgan fingerprint density at radius 3 is 2.25 bits per heavy atom. The van der Waals surface area contributed by atoms with Gasteiger partial charge in [-0.15, -0.1) is 0 Å². The second-order valence-corrected chi connectivity index (χ2v) is 6.88. The van der Waals surface area contributed by atoms with E-state index in [1.807, 2.05) is 24.3 Å². The molecule has 2 N–H and O–H groups in total. The molecule has 1 heterocycles. The molecule has 122 valence electrons. The first-order valence-corrected chi connectivity index (χ1v) is 7.74. The van der Waals surface area contributed by atoms with Crippen molar-refractivity contribution in [1.82, 2.24) is 0 Å². The van der Waals surface area contributed by atoms with Crippen LogP contribution in [0.1, 0.15) is 36.7 Å². The summed E-state index contributed by atoms with van der Waals surface area (Å²) in [4.78, 5) is 23.3. The molecule has 0 unspecified atom stereocenters. The topological polar surface area (TPSA) is 73.3 Å². The molecule has 0 spiro atoms. The number of primary amides is 1. The molecule has 2 aromatic carbocycles. The van der Waals surface area contributed by atoms with Crippen LogP contribution in [-0.2, 0) is 5.41 Å². The largest absolute Gasteiger partial charge is 0.423 e. The van der Waals surface area contributed by atoms with Crippen LogP contribution in [0.25, 0.3) is 22.1 Å². The molecule has 0 aliphatic carbocycles. The van der Waals surface area contributed by atoms with Gasteiger partial charge in [0.2, 0.25) is 5.91 Å². The number of rotatable bonds is 2. The van der Waals surface area contributed by atoms with E-state index in [0.29, 0.717) is 16.5 Å². The predicted octanol–water partition coefficient (Wildman–Crippen LogP) is 3.86. The smallest absolute Gasteiger partial charge is 0.336 e. The van der Waals surface area contributed by atoms with Crippen molar-refractivity contribution >= 4 is 16.9 Å². The van der Waals surface area contributed by atoms with Crippen molar-refractivity contribution in [3.63, 3.8) is 0 Å². The van der Waals surface area contributed by atoms with Gasteiger partial charge in [0.05, 0.1) is 0 Å². The second-order valence-electron chi connectivity index (χ2n) is 6.88. The van der Waals surface area contributed by atoms with Crippen molar-refractivity contribution in [1.29, 1.82) is 0 Å². The lowest BCUT2D eigenvalue weighted by Gasteiger charge is -2.19. The SMILES string of the molecule is CC(C)(C)c1ccc(-c2cc(=O)oc3ccc(C(N)=O)cc23)cc1. The summed E-state index contributed by atoms with van der Waals surface area (Å²) in [6.07, 6.45) is 0. The zero-order valence-electron chi connectivity index (χ0n) is 13.9. The first kappa shape index (κ1) is 16.0. The molecule has 1 amide bonds. The Balaban J connectivity index is 2.22. The monoisotopic (exact) mass is 321 g/mol. The standard InChI is InChI=1S/C20H19NO3/c1-20(2,3)14-7-4-12(5-8-14)15-11-18(22)24-17-9-6-13(19(21)23)10-16(15)17/h4-11H,1-3H3,(H2,21,23). The van der Waals surface area contributed by atoms with Gasteiger partial charge in [-0.1, -0.05) is 45.0 Å². The number of hydrogen-bond acceptors (Lipinski definition) is 3. The van der Waals surface area contributed by atoms with Gasteiger partial charge in [-0.05, 0) is 40.3 Å². The molecule has 1 aromatic heterocycles. The van der Waals surface area contributed by atoms with Crippen LogP contribution < -0.4 is 11.4 Å². The predicted molar refractivity (Wildman–Crippen MR) is 95.1 cm³/mol. The van der Waals surface area contributed by atoms with Crippen molar-refractivity contribution in [3.8, 4) is 11.1 Å². The lowest BCUT2D eigenvalue weighted by molar-refractivity contribution is 0.100. The minimum Gasteiger partial charge on any atom is -0.423 e. The summed E-state index contributed by atoms with van der Waals surface area (Å²) in [6.45, 7) is 6.44. The van der Waals surface area contributed by atoms with Crippen molar-refractivity contribution in [2.75, 3.05) is 0 Å². The van der Waals surface area contributed by atoms with Gasteiger partial charge in [-0.3, -0.25) is 4.79 Å². The average Bonchev–Trinajstić information content (AvgIpc) is 2.52. The number of nitrogens with two attached hydrogens (primary N) is 1. The highest BCUT2D eigenvalue weighted by atomic mass is 16.4.